The molecule has 0 bridgehead atoms. The van der Waals surface area contributed by atoms with Crippen molar-refractivity contribution < 1.29 is 22.8 Å². The molecule has 1 fully saturated rings. The largest absolute Gasteiger partial charge is 0.446 e. The van der Waals surface area contributed by atoms with Crippen molar-refractivity contribution in [3.8, 4) is 0 Å². The van der Waals surface area contributed by atoms with Crippen molar-refractivity contribution in [2.45, 2.75) is 29.3 Å². The first-order valence-corrected chi connectivity index (χ1v) is 10.1. The van der Waals surface area contributed by atoms with Gasteiger partial charge in [-0.1, -0.05) is 25.1 Å². The number of amides is 3. The van der Waals surface area contributed by atoms with Crippen LogP contribution in [0.4, 0.5) is 29.3 Å². The Kier molecular flexibility index (Phi) is 5.26. The molecule has 1 aromatic heterocycles. The van der Waals surface area contributed by atoms with Gasteiger partial charge >= 0.3 is 11.5 Å². The number of alkyl halides is 3. The number of imide groups is 1. The summed E-state index contributed by atoms with van der Waals surface area (Å²) in [4.78, 5) is 30.8. The molecule has 0 saturated carbocycles. The molecule has 3 N–H and O–H groups in total. The van der Waals surface area contributed by atoms with Gasteiger partial charge in [0.1, 0.15) is 6.04 Å². The lowest BCUT2D eigenvalue weighted by Gasteiger charge is -2.21. The lowest BCUT2D eigenvalue weighted by molar-refractivity contribution is -0.118. The van der Waals surface area contributed by atoms with E-state index in [1.165, 1.54) is 30.5 Å². The second-order valence-electron chi connectivity index (χ2n) is 7.08. The third-order valence-corrected chi connectivity index (χ3v) is 5.84. The second-order valence-corrected chi connectivity index (χ2v) is 8.21. The Balaban J connectivity index is 1.63. The topological polar surface area (TPSA) is 88.3 Å². The minimum absolute atomic E-state index is 0.0377. The van der Waals surface area contributed by atoms with Crippen LogP contribution in [-0.2, 0) is 4.79 Å². The maximum absolute atomic E-state index is 13.1. The Morgan fingerprint density at radius 1 is 1.13 bits per heavy atom. The summed E-state index contributed by atoms with van der Waals surface area (Å²) in [6.45, 7) is 1.79. The van der Waals surface area contributed by atoms with Gasteiger partial charge in [0.2, 0.25) is 0 Å². The summed E-state index contributed by atoms with van der Waals surface area (Å²) in [6.07, 6.45) is 1.52. The molecule has 4 rings (SSSR count). The number of para-hydroxylation sites is 1. The van der Waals surface area contributed by atoms with Gasteiger partial charge in [-0.15, -0.1) is 0 Å². The number of rotatable bonds is 4. The highest BCUT2D eigenvalue weighted by molar-refractivity contribution is 8.00. The zero-order valence-corrected chi connectivity index (χ0v) is 17.0. The number of urea groups is 1. The number of hydrogen-bond acceptors (Lipinski definition) is 5. The third-order valence-electron chi connectivity index (χ3n) is 5.10. The Labute approximate surface area is 179 Å². The number of nitrogens with one attached hydrogen (secondary N) is 1. The number of aromatic nitrogens is 1. The molecule has 1 saturated heterocycles. The first-order valence-electron chi connectivity index (χ1n) is 9.29. The van der Waals surface area contributed by atoms with Crippen molar-refractivity contribution in [3.05, 3.63) is 60.3 Å². The predicted molar refractivity (Wildman–Crippen MR) is 113 cm³/mol. The lowest BCUT2D eigenvalue weighted by atomic mass is 9.89. The molecule has 3 amide bonds. The monoisotopic (exact) mass is 446 g/mol. The highest BCUT2D eigenvalue weighted by atomic mass is 32.2. The van der Waals surface area contributed by atoms with Crippen molar-refractivity contribution in [1.82, 2.24) is 10.3 Å². The van der Waals surface area contributed by atoms with E-state index in [4.69, 9.17) is 5.73 Å². The van der Waals surface area contributed by atoms with Crippen LogP contribution < -0.4 is 16.0 Å². The van der Waals surface area contributed by atoms with E-state index in [1.807, 2.05) is 24.3 Å². The molecule has 2 unspecified atom stereocenters. The van der Waals surface area contributed by atoms with Crippen LogP contribution >= 0.6 is 11.8 Å². The summed E-state index contributed by atoms with van der Waals surface area (Å²) in [6, 6.07) is 10.9. The van der Waals surface area contributed by atoms with Gasteiger partial charge in [-0.05, 0) is 47.7 Å². The van der Waals surface area contributed by atoms with Crippen molar-refractivity contribution in [2.24, 2.45) is 0 Å². The van der Waals surface area contributed by atoms with Crippen LogP contribution in [0.15, 0.2) is 59.6 Å². The van der Waals surface area contributed by atoms with Gasteiger partial charge in [0.05, 0.1) is 23.1 Å². The Morgan fingerprint density at radius 2 is 1.81 bits per heavy atom. The minimum atomic E-state index is -4.42. The summed E-state index contributed by atoms with van der Waals surface area (Å²) >= 11 is -0.265. The maximum Gasteiger partial charge on any atom is 0.446 e. The number of carbonyl (C=O) groups excluding carboxylic acids is 2. The van der Waals surface area contributed by atoms with E-state index in [2.05, 4.69) is 10.3 Å². The maximum atomic E-state index is 13.1. The van der Waals surface area contributed by atoms with Gasteiger partial charge in [-0.2, -0.15) is 13.2 Å². The average Bonchev–Trinajstić information content (AvgIpc) is 3.01. The molecule has 0 radical (unpaired) electrons. The SMILES string of the molecule is CC(c1c(N)cnc2ccccc12)C1NC(=O)N(c2ccc(SC(F)(F)F)cc2)C1=O. The fourth-order valence-corrected chi connectivity index (χ4v) is 4.27. The van der Waals surface area contributed by atoms with Crippen molar-refractivity contribution in [2.75, 3.05) is 10.6 Å². The fraction of sp³-hybridized carbons (Fsp3) is 0.190. The van der Waals surface area contributed by atoms with Crippen LogP contribution in [0.5, 0.6) is 0 Å². The smallest absolute Gasteiger partial charge is 0.397 e. The Hall–Kier alpha value is -3.27. The van der Waals surface area contributed by atoms with Crippen LogP contribution in [0.1, 0.15) is 18.4 Å². The molecule has 10 heteroatoms. The lowest BCUT2D eigenvalue weighted by Crippen LogP contribution is -2.35. The molecule has 2 aromatic carbocycles. The van der Waals surface area contributed by atoms with Crippen LogP contribution in [0.25, 0.3) is 10.9 Å². The molecule has 1 aliphatic rings. The number of hydrogen-bond donors (Lipinski definition) is 2. The number of anilines is 2. The van der Waals surface area contributed by atoms with Gasteiger partial charge in [-0.3, -0.25) is 9.78 Å². The van der Waals surface area contributed by atoms with Gasteiger partial charge in [-0.25, -0.2) is 9.69 Å². The van der Waals surface area contributed by atoms with Gasteiger partial charge < -0.3 is 11.1 Å². The second kappa shape index (κ2) is 7.77. The minimum Gasteiger partial charge on any atom is -0.397 e. The Bertz CT molecular complexity index is 1170. The average molecular weight is 446 g/mol. The number of thioether (sulfide) groups is 1. The van der Waals surface area contributed by atoms with E-state index in [9.17, 15) is 22.8 Å². The first-order chi connectivity index (χ1) is 14.7. The van der Waals surface area contributed by atoms with Gasteiger partial charge in [0.15, 0.2) is 0 Å². The Morgan fingerprint density at radius 3 is 2.48 bits per heavy atom. The number of halogens is 3. The number of nitrogens with two attached hydrogens (primary N) is 1. The van der Waals surface area contributed by atoms with Crippen molar-refractivity contribution >= 4 is 46.0 Å². The molecule has 0 aliphatic carbocycles. The summed E-state index contributed by atoms with van der Waals surface area (Å²) in [5, 5.41) is 3.45. The summed E-state index contributed by atoms with van der Waals surface area (Å²) < 4.78 is 37.6. The van der Waals surface area contributed by atoms with Crippen LogP contribution in [0.2, 0.25) is 0 Å². The summed E-state index contributed by atoms with van der Waals surface area (Å²) in [5.41, 5.74) is 3.74. The molecule has 0 spiro atoms. The zero-order valence-electron chi connectivity index (χ0n) is 16.2. The van der Waals surface area contributed by atoms with Crippen LogP contribution in [0.3, 0.4) is 0 Å². The normalized spacial score (nSPS) is 17.8. The highest BCUT2D eigenvalue weighted by Gasteiger charge is 2.43. The van der Waals surface area contributed by atoms with E-state index in [1.54, 1.807) is 6.92 Å². The zero-order chi connectivity index (χ0) is 22.3. The van der Waals surface area contributed by atoms with E-state index in [0.717, 1.165) is 10.3 Å². The number of fused-ring (bicyclic) bond motifs is 1. The van der Waals surface area contributed by atoms with E-state index in [-0.39, 0.29) is 22.3 Å². The molecule has 1 aliphatic heterocycles. The van der Waals surface area contributed by atoms with Crippen molar-refractivity contribution in [1.29, 1.82) is 0 Å². The number of nitrogen functional groups attached to an aromatic ring is 1. The molecule has 160 valence electrons. The predicted octanol–water partition coefficient (Wildman–Crippen LogP) is 4.66. The molecule has 2 atom stereocenters. The molecular weight excluding hydrogens is 429 g/mol. The molecule has 6 nitrogen and oxygen atoms in total. The van der Waals surface area contributed by atoms with E-state index < -0.39 is 29.4 Å². The standard InChI is InChI=1S/C21H17F3N4O2S/c1-11(17-14-4-2-3-5-16(14)26-10-15(17)25)18-19(29)28(20(30)27-18)12-6-8-13(9-7-12)31-21(22,23)24/h2-11,18H,25H2,1H3,(H,27,30). The molecular formula is C21H17F3N4O2S. The number of nitrogens with zero attached hydrogens (tertiary/aromatic N) is 2. The highest BCUT2D eigenvalue weighted by Crippen LogP contribution is 2.38. The van der Waals surface area contributed by atoms with Gasteiger partial charge in [0, 0.05) is 16.2 Å². The number of pyridine rings is 1. The molecule has 3 aromatic rings. The first kappa shape index (κ1) is 21.0. The summed E-state index contributed by atoms with van der Waals surface area (Å²) in [5.74, 6) is -0.969. The van der Waals surface area contributed by atoms with Crippen LogP contribution in [0, 0.1) is 0 Å². The summed E-state index contributed by atoms with van der Waals surface area (Å²) in [7, 11) is 0. The molecule has 2 heterocycles. The van der Waals surface area contributed by atoms with Crippen LogP contribution in [-0.4, -0.2) is 28.5 Å². The molecule has 31 heavy (non-hydrogen) atoms. The quantitative estimate of drug-likeness (QED) is 0.450. The third kappa shape index (κ3) is 4.02. The van der Waals surface area contributed by atoms with Crippen molar-refractivity contribution in [3.63, 3.8) is 0 Å². The van der Waals surface area contributed by atoms with E-state index in [0.29, 0.717) is 16.8 Å². The fourth-order valence-electron chi connectivity index (χ4n) is 3.73. The van der Waals surface area contributed by atoms with Gasteiger partial charge in [0.25, 0.3) is 5.91 Å². The number of benzene rings is 2. The number of carbonyl (C=O) groups is 2. The van der Waals surface area contributed by atoms with E-state index >= 15 is 0 Å².